The van der Waals surface area contributed by atoms with Gasteiger partial charge in [0.15, 0.2) is 5.69 Å². The van der Waals surface area contributed by atoms with Crippen molar-refractivity contribution in [1.29, 1.82) is 0 Å². The number of carbonyl (C=O) groups is 1. The van der Waals surface area contributed by atoms with Crippen LogP contribution in [0.1, 0.15) is 21.6 Å². The maximum absolute atomic E-state index is 13.4. The summed E-state index contributed by atoms with van der Waals surface area (Å²) in [5.74, 6) is -0.902. The van der Waals surface area contributed by atoms with Crippen LogP contribution in [0, 0.1) is 0 Å². The van der Waals surface area contributed by atoms with Crippen LogP contribution < -0.4 is 0 Å². The van der Waals surface area contributed by atoms with Crippen molar-refractivity contribution in [3.8, 4) is 0 Å². The van der Waals surface area contributed by atoms with E-state index in [-0.39, 0.29) is 21.2 Å². The molecule has 5 nitrogen and oxygen atoms in total. The monoisotopic (exact) mass is 473 g/mol. The Kier molecular flexibility index (Phi) is 6.74. The van der Waals surface area contributed by atoms with E-state index in [1.54, 1.807) is 36.4 Å². The lowest BCUT2D eigenvalue weighted by Crippen LogP contribution is -2.09. The third kappa shape index (κ3) is 5.16. The minimum absolute atomic E-state index is 0.0364. The summed E-state index contributed by atoms with van der Waals surface area (Å²) in [4.78, 5) is 17.4. The van der Waals surface area contributed by atoms with Crippen molar-refractivity contribution in [2.45, 2.75) is 16.1 Å². The van der Waals surface area contributed by atoms with Crippen LogP contribution in [-0.4, -0.2) is 22.0 Å². The Morgan fingerprint density at radius 2 is 1.83 bits per heavy atom. The fraction of sp³-hybridized carbons (Fsp3) is 0.105. The molecule has 11 heteroatoms. The van der Waals surface area contributed by atoms with Crippen molar-refractivity contribution in [3.63, 3.8) is 0 Å². The highest BCUT2D eigenvalue weighted by Crippen LogP contribution is 2.37. The van der Waals surface area contributed by atoms with E-state index in [2.05, 4.69) is 10.3 Å². The highest BCUT2D eigenvalue weighted by Gasteiger charge is 2.38. The van der Waals surface area contributed by atoms with E-state index in [4.69, 9.17) is 28.0 Å². The molecule has 0 saturated carbocycles. The standard InChI is InChI=1S/C19H12Cl2F3N3O2S/c1-27-17(30-12-8-6-11(20)7-9-12)14(16(26-27)19(22,23)24)10-25-29-18(28)13-4-2-3-5-15(13)21/h2-10H,1H3/b25-10+. The van der Waals surface area contributed by atoms with Crippen molar-refractivity contribution in [2.75, 3.05) is 0 Å². The minimum Gasteiger partial charge on any atom is -0.313 e. The molecule has 0 aliphatic carbocycles. The molecule has 0 radical (unpaired) electrons. The maximum Gasteiger partial charge on any atom is 0.435 e. The number of hydrogen-bond donors (Lipinski definition) is 0. The molecule has 156 valence electrons. The molecule has 0 N–H and O–H groups in total. The Morgan fingerprint density at radius 1 is 1.17 bits per heavy atom. The lowest BCUT2D eigenvalue weighted by atomic mass is 10.2. The zero-order valence-corrected chi connectivity index (χ0v) is 17.5. The van der Waals surface area contributed by atoms with Gasteiger partial charge in [0.2, 0.25) is 0 Å². The van der Waals surface area contributed by atoms with Gasteiger partial charge in [0.1, 0.15) is 5.03 Å². The molecule has 1 heterocycles. The molecule has 0 amide bonds. The van der Waals surface area contributed by atoms with Gasteiger partial charge < -0.3 is 4.84 Å². The summed E-state index contributed by atoms with van der Waals surface area (Å²) in [6, 6.07) is 12.6. The number of rotatable bonds is 5. The highest BCUT2D eigenvalue weighted by molar-refractivity contribution is 7.99. The summed E-state index contributed by atoms with van der Waals surface area (Å²) in [7, 11) is 1.38. The summed E-state index contributed by atoms with van der Waals surface area (Å²) in [5.41, 5.74) is -1.45. The topological polar surface area (TPSA) is 56.5 Å². The normalized spacial score (nSPS) is 11.8. The Hall–Kier alpha value is -2.49. The van der Waals surface area contributed by atoms with Gasteiger partial charge in [-0.25, -0.2) is 4.79 Å². The van der Waals surface area contributed by atoms with Gasteiger partial charge in [-0.2, -0.15) is 18.3 Å². The summed E-state index contributed by atoms with van der Waals surface area (Å²) >= 11 is 12.8. The maximum atomic E-state index is 13.4. The van der Waals surface area contributed by atoms with E-state index in [9.17, 15) is 18.0 Å². The average Bonchev–Trinajstić information content (AvgIpc) is 3.00. The molecule has 1 aromatic heterocycles. The second-order valence-electron chi connectivity index (χ2n) is 5.84. The highest BCUT2D eigenvalue weighted by atomic mass is 35.5. The third-order valence-corrected chi connectivity index (χ3v) is 5.50. The minimum atomic E-state index is -4.73. The van der Waals surface area contributed by atoms with Gasteiger partial charge in [-0.15, -0.1) is 0 Å². The molecule has 0 spiro atoms. The lowest BCUT2D eigenvalue weighted by Gasteiger charge is -2.05. The number of benzene rings is 2. The number of oxime groups is 1. The van der Waals surface area contributed by atoms with Crippen LogP contribution in [0.25, 0.3) is 0 Å². The Morgan fingerprint density at radius 3 is 2.47 bits per heavy atom. The van der Waals surface area contributed by atoms with Crippen LogP contribution in [0.15, 0.2) is 63.6 Å². The van der Waals surface area contributed by atoms with E-state index in [1.165, 1.54) is 19.2 Å². The molecule has 0 aliphatic heterocycles. The zero-order valence-electron chi connectivity index (χ0n) is 15.2. The number of halogens is 5. The Labute approximate surface area is 183 Å². The van der Waals surface area contributed by atoms with Gasteiger partial charge in [-0.1, -0.05) is 52.3 Å². The molecule has 0 saturated heterocycles. The first kappa shape index (κ1) is 22.2. The van der Waals surface area contributed by atoms with Gasteiger partial charge in [-0.05, 0) is 36.4 Å². The fourth-order valence-electron chi connectivity index (χ4n) is 2.39. The molecule has 0 atom stereocenters. The number of aryl methyl sites for hydroxylation is 1. The first-order valence-electron chi connectivity index (χ1n) is 8.23. The largest absolute Gasteiger partial charge is 0.435 e. The fourth-order valence-corrected chi connectivity index (χ4v) is 3.66. The zero-order chi connectivity index (χ0) is 21.9. The van der Waals surface area contributed by atoms with Crippen LogP contribution in [-0.2, 0) is 18.1 Å². The van der Waals surface area contributed by atoms with Crippen molar-refractivity contribution in [2.24, 2.45) is 12.2 Å². The smallest absolute Gasteiger partial charge is 0.313 e. The Bertz CT molecular complexity index is 1100. The SMILES string of the molecule is Cn1nc(C(F)(F)F)c(/C=N/OC(=O)c2ccccc2Cl)c1Sc1ccc(Cl)cc1. The van der Waals surface area contributed by atoms with Gasteiger partial charge >= 0.3 is 12.1 Å². The molecule has 3 rings (SSSR count). The molecular weight excluding hydrogens is 462 g/mol. The quantitative estimate of drug-likeness (QED) is 0.255. The van der Waals surface area contributed by atoms with E-state index < -0.39 is 17.8 Å². The number of aromatic nitrogens is 2. The number of hydrogen-bond acceptors (Lipinski definition) is 5. The summed E-state index contributed by atoms with van der Waals surface area (Å²) in [5, 5.41) is 7.78. The number of alkyl halides is 3. The second-order valence-corrected chi connectivity index (χ2v) is 7.74. The van der Waals surface area contributed by atoms with E-state index in [0.717, 1.165) is 22.7 Å². The van der Waals surface area contributed by atoms with Gasteiger partial charge in [0.25, 0.3) is 0 Å². The predicted octanol–water partition coefficient (Wildman–Crippen LogP) is 6.09. The first-order valence-corrected chi connectivity index (χ1v) is 9.81. The van der Waals surface area contributed by atoms with Crippen molar-refractivity contribution in [1.82, 2.24) is 9.78 Å². The van der Waals surface area contributed by atoms with Crippen LogP contribution in [0.2, 0.25) is 10.0 Å². The average molecular weight is 474 g/mol. The molecule has 3 aromatic rings. The van der Waals surface area contributed by atoms with E-state index in [0.29, 0.717) is 9.92 Å². The molecule has 2 aromatic carbocycles. The van der Waals surface area contributed by atoms with Gasteiger partial charge in [-0.3, -0.25) is 4.68 Å². The third-order valence-electron chi connectivity index (χ3n) is 3.74. The summed E-state index contributed by atoms with van der Waals surface area (Å²) in [6.07, 6.45) is -3.92. The summed E-state index contributed by atoms with van der Waals surface area (Å²) in [6.45, 7) is 0. The van der Waals surface area contributed by atoms with Gasteiger partial charge in [0.05, 0.1) is 22.4 Å². The molecule has 0 unspecified atom stereocenters. The number of carbonyl (C=O) groups excluding carboxylic acids is 1. The van der Waals surface area contributed by atoms with Crippen LogP contribution in [0.4, 0.5) is 13.2 Å². The van der Waals surface area contributed by atoms with Crippen LogP contribution in [0.3, 0.4) is 0 Å². The van der Waals surface area contributed by atoms with Crippen molar-refractivity contribution >= 4 is 47.1 Å². The molecule has 0 aliphatic rings. The van der Waals surface area contributed by atoms with Crippen LogP contribution >= 0.6 is 35.0 Å². The molecule has 0 fully saturated rings. The molecular formula is C19H12Cl2F3N3O2S. The second kappa shape index (κ2) is 9.11. The van der Waals surface area contributed by atoms with E-state index in [1.807, 2.05) is 0 Å². The summed E-state index contributed by atoms with van der Waals surface area (Å²) < 4.78 is 41.4. The predicted molar refractivity (Wildman–Crippen MR) is 108 cm³/mol. The van der Waals surface area contributed by atoms with Gasteiger partial charge in [0, 0.05) is 17.0 Å². The first-order chi connectivity index (χ1) is 14.2. The van der Waals surface area contributed by atoms with E-state index >= 15 is 0 Å². The molecule has 30 heavy (non-hydrogen) atoms. The number of nitrogens with zero attached hydrogens (tertiary/aromatic N) is 3. The lowest BCUT2D eigenvalue weighted by molar-refractivity contribution is -0.141. The Balaban J connectivity index is 1.91. The van der Waals surface area contributed by atoms with Crippen LogP contribution in [0.5, 0.6) is 0 Å². The van der Waals surface area contributed by atoms with Crippen molar-refractivity contribution < 1.29 is 22.8 Å². The molecule has 0 bridgehead atoms. The van der Waals surface area contributed by atoms with Crippen molar-refractivity contribution in [3.05, 3.63) is 75.4 Å².